The van der Waals surface area contributed by atoms with E-state index in [4.69, 9.17) is 9.47 Å². The molecule has 2 aromatic rings. The zero-order chi connectivity index (χ0) is 18.9. The van der Waals surface area contributed by atoms with Crippen molar-refractivity contribution in [3.05, 3.63) is 59.9 Å². The van der Waals surface area contributed by atoms with Gasteiger partial charge < -0.3 is 14.8 Å². The summed E-state index contributed by atoms with van der Waals surface area (Å²) in [7, 11) is 0. The minimum absolute atomic E-state index is 0.247. The number of imide groups is 1. The SMILES string of the molecule is O=C1N[C@]2(CCOc3ccccc32)C(=O)N1CCCOc1ccc(F)cc1. The standard InChI is InChI=1S/C20H19FN2O4/c21-14-6-8-15(9-7-14)26-12-3-11-23-18(24)20(22-19(23)25)10-13-27-17-5-2-1-4-16(17)20/h1-2,4-9H,3,10-13H2,(H,22,25)/t20-/m0/s1. The van der Waals surface area contributed by atoms with Crippen LogP contribution >= 0.6 is 0 Å². The second-order valence-electron chi connectivity index (χ2n) is 6.54. The summed E-state index contributed by atoms with van der Waals surface area (Å²) in [4.78, 5) is 26.7. The number of nitrogens with one attached hydrogen (secondary N) is 1. The van der Waals surface area contributed by atoms with E-state index in [1.54, 1.807) is 6.07 Å². The zero-order valence-electron chi connectivity index (χ0n) is 14.6. The maximum Gasteiger partial charge on any atom is 0.325 e. The fourth-order valence-electron chi connectivity index (χ4n) is 3.52. The second-order valence-corrected chi connectivity index (χ2v) is 6.54. The van der Waals surface area contributed by atoms with E-state index in [1.807, 2.05) is 18.2 Å². The number of carbonyl (C=O) groups is 2. The minimum Gasteiger partial charge on any atom is -0.494 e. The summed E-state index contributed by atoms with van der Waals surface area (Å²) in [5, 5.41) is 2.87. The summed E-state index contributed by atoms with van der Waals surface area (Å²) in [6.07, 6.45) is 0.877. The van der Waals surface area contributed by atoms with Crippen molar-refractivity contribution in [3.63, 3.8) is 0 Å². The molecule has 1 atom stereocenters. The molecule has 3 amide bonds. The fraction of sp³-hybridized carbons (Fsp3) is 0.300. The molecule has 0 aliphatic carbocycles. The molecule has 0 saturated carbocycles. The monoisotopic (exact) mass is 370 g/mol. The van der Waals surface area contributed by atoms with Crippen LogP contribution in [0, 0.1) is 5.82 Å². The molecule has 1 N–H and O–H groups in total. The highest BCUT2D eigenvalue weighted by Gasteiger charge is 2.54. The molecule has 6 nitrogen and oxygen atoms in total. The molecule has 140 valence electrons. The average Bonchev–Trinajstić information content (AvgIpc) is 2.91. The van der Waals surface area contributed by atoms with E-state index in [-0.39, 0.29) is 18.3 Å². The van der Waals surface area contributed by atoms with Gasteiger partial charge in [0.2, 0.25) is 0 Å². The summed E-state index contributed by atoms with van der Waals surface area (Å²) >= 11 is 0. The van der Waals surface area contributed by atoms with Crippen LogP contribution in [-0.2, 0) is 10.3 Å². The van der Waals surface area contributed by atoms with Gasteiger partial charge in [-0.05, 0) is 36.8 Å². The number of rotatable bonds is 5. The Labute approximate surface area is 155 Å². The summed E-state index contributed by atoms with van der Waals surface area (Å²) in [5.74, 6) is 0.580. The largest absolute Gasteiger partial charge is 0.494 e. The fourth-order valence-corrected chi connectivity index (χ4v) is 3.52. The lowest BCUT2D eigenvalue weighted by atomic mass is 9.84. The van der Waals surface area contributed by atoms with Crippen LogP contribution in [0.2, 0.25) is 0 Å². The van der Waals surface area contributed by atoms with E-state index in [0.717, 1.165) is 0 Å². The minimum atomic E-state index is -1.05. The number of fused-ring (bicyclic) bond motifs is 2. The molecule has 1 saturated heterocycles. The predicted octanol–water partition coefficient (Wildman–Crippen LogP) is 2.82. The van der Waals surface area contributed by atoms with Crippen LogP contribution in [0.5, 0.6) is 11.5 Å². The van der Waals surface area contributed by atoms with E-state index in [1.165, 1.54) is 29.2 Å². The van der Waals surface area contributed by atoms with Crippen LogP contribution in [0.3, 0.4) is 0 Å². The molecule has 2 heterocycles. The second kappa shape index (κ2) is 6.90. The Morgan fingerprint density at radius 1 is 1.15 bits per heavy atom. The number of para-hydroxylation sites is 1. The van der Waals surface area contributed by atoms with Crippen LogP contribution < -0.4 is 14.8 Å². The van der Waals surface area contributed by atoms with Crippen molar-refractivity contribution in [2.75, 3.05) is 19.8 Å². The lowest BCUT2D eigenvalue weighted by Crippen LogP contribution is -2.47. The highest BCUT2D eigenvalue weighted by Crippen LogP contribution is 2.40. The van der Waals surface area contributed by atoms with Crippen LogP contribution in [0.15, 0.2) is 48.5 Å². The van der Waals surface area contributed by atoms with E-state index in [0.29, 0.717) is 43.1 Å². The third-order valence-corrected chi connectivity index (χ3v) is 4.87. The number of hydrogen-bond acceptors (Lipinski definition) is 4. The van der Waals surface area contributed by atoms with Crippen molar-refractivity contribution in [2.24, 2.45) is 0 Å². The van der Waals surface area contributed by atoms with Gasteiger partial charge in [-0.1, -0.05) is 18.2 Å². The number of amides is 3. The first-order valence-corrected chi connectivity index (χ1v) is 8.85. The van der Waals surface area contributed by atoms with Crippen molar-refractivity contribution in [1.82, 2.24) is 10.2 Å². The number of halogens is 1. The van der Waals surface area contributed by atoms with Gasteiger partial charge in [0.1, 0.15) is 17.3 Å². The number of benzene rings is 2. The number of hydrogen-bond donors (Lipinski definition) is 1. The van der Waals surface area contributed by atoms with Gasteiger partial charge in [0, 0.05) is 18.5 Å². The summed E-state index contributed by atoms with van der Waals surface area (Å²) in [5.41, 5.74) is -0.358. The van der Waals surface area contributed by atoms with Gasteiger partial charge in [-0.3, -0.25) is 9.69 Å². The lowest BCUT2D eigenvalue weighted by molar-refractivity contribution is -0.132. The maximum atomic E-state index is 13.1. The van der Waals surface area contributed by atoms with Gasteiger partial charge in [-0.2, -0.15) is 0 Å². The molecule has 4 rings (SSSR count). The molecule has 1 spiro atoms. The predicted molar refractivity (Wildman–Crippen MR) is 95.0 cm³/mol. The molecule has 0 unspecified atom stereocenters. The lowest BCUT2D eigenvalue weighted by Gasteiger charge is -2.33. The van der Waals surface area contributed by atoms with Crippen LogP contribution in [0.25, 0.3) is 0 Å². The Balaban J connectivity index is 1.41. The van der Waals surface area contributed by atoms with E-state index < -0.39 is 11.6 Å². The highest BCUT2D eigenvalue weighted by atomic mass is 19.1. The van der Waals surface area contributed by atoms with Crippen molar-refractivity contribution < 1.29 is 23.5 Å². The smallest absolute Gasteiger partial charge is 0.325 e. The molecule has 27 heavy (non-hydrogen) atoms. The first-order chi connectivity index (χ1) is 13.1. The topological polar surface area (TPSA) is 67.9 Å². The molecule has 2 aliphatic heterocycles. The van der Waals surface area contributed by atoms with Crippen molar-refractivity contribution in [3.8, 4) is 11.5 Å². The van der Waals surface area contributed by atoms with Gasteiger partial charge in [0.15, 0.2) is 5.54 Å². The molecule has 0 bridgehead atoms. The molecular formula is C20H19FN2O4. The van der Waals surface area contributed by atoms with Gasteiger partial charge >= 0.3 is 6.03 Å². The van der Waals surface area contributed by atoms with Gasteiger partial charge in [-0.25, -0.2) is 9.18 Å². The maximum absolute atomic E-state index is 13.1. The Hall–Kier alpha value is -3.09. The first-order valence-electron chi connectivity index (χ1n) is 8.85. The van der Waals surface area contributed by atoms with Gasteiger partial charge in [0.25, 0.3) is 5.91 Å². The third-order valence-electron chi connectivity index (χ3n) is 4.87. The number of carbonyl (C=O) groups excluding carboxylic acids is 2. The number of nitrogens with zero attached hydrogens (tertiary/aromatic N) is 1. The van der Waals surface area contributed by atoms with E-state index in [9.17, 15) is 14.0 Å². The molecule has 7 heteroatoms. The molecule has 0 aromatic heterocycles. The Morgan fingerprint density at radius 2 is 1.93 bits per heavy atom. The quantitative estimate of drug-likeness (QED) is 0.649. The first kappa shape index (κ1) is 17.3. The molecule has 0 radical (unpaired) electrons. The van der Waals surface area contributed by atoms with Crippen LogP contribution in [-0.4, -0.2) is 36.6 Å². The van der Waals surface area contributed by atoms with E-state index in [2.05, 4.69) is 5.32 Å². The number of ether oxygens (including phenoxy) is 2. The van der Waals surface area contributed by atoms with Crippen molar-refractivity contribution >= 4 is 11.9 Å². The van der Waals surface area contributed by atoms with Gasteiger partial charge in [0.05, 0.1) is 13.2 Å². The van der Waals surface area contributed by atoms with Crippen molar-refractivity contribution in [2.45, 2.75) is 18.4 Å². The molecule has 2 aromatic carbocycles. The van der Waals surface area contributed by atoms with Crippen LogP contribution in [0.4, 0.5) is 9.18 Å². The van der Waals surface area contributed by atoms with Crippen molar-refractivity contribution in [1.29, 1.82) is 0 Å². The summed E-state index contributed by atoms with van der Waals surface area (Å²) in [6.45, 7) is 0.927. The highest BCUT2D eigenvalue weighted by molar-refractivity contribution is 6.07. The molecule has 2 aliphatic rings. The molecular weight excluding hydrogens is 351 g/mol. The Kier molecular flexibility index (Phi) is 4.43. The van der Waals surface area contributed by atoms with Crippen LogP contribution in [0.1, 0.15) is 18.4 Å². The Bertz CT molecular complexity index is 871. The summed E-state index contributed by atoms with van der Waals surface area (Å²) in [6, 6.07) is 12.6. The third kappa shape index (κ3) is 3.09. The van der Waals surface area contributed by atoms with E-state index >= 15 is 0 Å². The average molecular weight is 370 g/mol. The number of urea groups is 1. The molecule has 1 fully saturated rings. The normalized spacial score (nSPS) is 21.0. The summed E-state index contributed by atoms with van der Waals surface area (Å²) < 4.78 is 24.0. The Morgan fingerprint density at radius 3 is 2.74 bits per heavy atom. The zero-order valence-corrected chi connectivity index (χ0v) is 14.6. The van der Waals surface area contributed by atoms with Gasteiger partial charge in [-0.15, -0.1) is 0 Å².